The van der Waals surface area contributed by atoms with E-state index in [2.05, 4.69) is 10.0 Å². The van der Waals surface area contributed by atoms with Gasteiger partial charge in [0.15, 0.2) is 0 Å². The molecule has 0 fully saturated rings. The largest absolute Gasteiger partial charge is 0.351 e. The number of carbonyl (C=O) groups excluding carboxylic acids is 1. The van der Waals surface area contributed by atoms with Gasteiger partial charge in [0.1, 0.15) is 0 Å². The topological polar surface area (TPSA) is 75.3 Å². The fourth-order valence-electron chi connectivity index (χ4n) is 2.84. The van der Waals surface area contributed by atoms with Crippen LogP contribution in [-0.2, 0) is 15.8 Å². The fourth-order valence-corrected chi connectivity index (χ4v) is 5.80. The number of anilines is 1. The monoisotopic (exact) mass is 542 g/mol. The molecule has 3 aromatic carbocycles. The molecule has 5 nitrogen and oxygen atoms in total. The summed E-state index contributed by atoms with van der Waals surface area (Å²) in [5, 5.41) is 4.18. The summed E-state index contributed by atoms with van der Waals surface area (Å²) in [5.41, 5.74) is 2.35. The van der Waals surface area contributed by atoms with Crippen LogP contribution >= 0.6 is 46.6 Å². The van der Waals surface area contributed by atoms with E-state index < -0.39 is 10.0 Å². The predicted octanol–water partition coefficient (Wildman–Crippen LogP) is 6.42. The molecule has 0 aliphatic heterocycles. The average Bonchev–Trinajstić information content (AvgIpc) is 2.76. The summed E-state index contributed by atoms with van der Waals surface area (Å²) in [4.78, 5) is 12.6. The summed E-state index contributed by atoms with van der Waals surface area (Å²) in [6.45, 7) is 2.31. The van der Waals surface area contributed by atoms with Gasteiger partial charge in [0, 0.05) is 33.7 Å². The first-order chi connectivity index (χ1) is 15.7. The Labute approximate surface area is 212 Å². The third-order valence-corrected chi connectivity index (χ3v) is 8.03. The van der Waals surface area contributed by atoms with Crippen LogP contribution in [0.15, 0.2) is 65.6 Å². The van der Waals surface area contributed by atoms with Crippen molar-refractivity contribution in [1.82, 2.24) is 5.32 Å². The highest BCUT2D eigenvalue weighted by molar-refractivity contribution is 7.98. The molecule has 3 rings (SSSR count). The number of thioether (sulfide) groups is 1. The number of aryl methyl sites for hydroxylation is 1. The van der Waals surface area contributed by atoms with Gasteiger partial charge in [-0.2, -0.15) is 11.8 Å². The Balaban J connectivity index is 1.53. The Hall–Kier alpha value is -1.90. The number of hydrogen-bond acceptors (Lipinski definition) is 4. The summed E-state index contributed by atoms with van der Waals surface area (Å²) in [7, 11) is -3.79. The molecular weight excluding hydrogens is 523 g/mol. The fraction of sp³-hybridized carbons (Fsp3) is 0.174. The lowest BCUT2D eigenvalue weighted by Crippen LogP contribution is -2.25. The summed E-state index contributed by atoms with van der Waals surface area (Å²) in [5.74, 6) is 0.993. The van der Waals surface area contributed by atoms with Crippen molar-refractivity contribution in [3.8, 4) is 0 Å². The molecule has 0 atom stereocenters. The van der Waals surface area contributed by atoms with E-state index in [9.17, 15) is 13.2 Å². The van der Waals surface area contributed by atoms with Gasteiger partial charge in [0.2, 0.25) is 0 Å². The molecule has 0 spiro atoms. The second-order valence-electron chi connectivity index (χ2n) is 7.12. The van der Waals surface area contributed by atoms with Gasteiger partial charge in [0.25, 0.3) is 15.9 Å². The van der Waals surface area contributed by atoms with E-state index in [-0.39, 0.29) is 21.5 Å². The van der Waals surface area contributed by atoms with Crippen molar-refractivity contribution < 1.29 is 13.2 Å². The molecule has 0 aliphatic rings. The minimum Gasteiger partial charge on any atom is -0.351 e. The van der Waals surface area contributed by atoms with E-state index in [1.165, 1.54) is 30.3 Å². The van der Waals surface area contributed by atoms with Crippen molar-refractivity contribution in [3.63, 3.8) is 0 Å². The lowest BCUT2D eigenvalue weighted by Gasteiger charge is -2.11. The highest BCUT2D eigenvalue weighted by atomic mass is 35.5. The van der Waals surface area contributed by atoms with E-state index in [0.29, 0.717) is 33.7 Å². The lowest BCUT2D eigenvalue weighted by molar-refractivity contribution is 0.0956. The molecule has 174 valence electrons. The van der Waals surface area contributed by atoms with Crippen LogP contribution in [0.2, 0.25) is 15.1 Å². The molecule has 0 heterocycles. The number of amides is 1. The zero-order chi connectivity index (χ0) is 24.0. The molecule has 0 aromatic heterocycles. The van der Waals surface area contributed by atoms with Gasteiger partial charge in [-0.05, 0) is 55.0 Å². The van der Waals surface area contributed by atoms with Crippen LogP contribution in [0, 0.1) is 6.92 Å². The Bertz CT molecular complexity index is 1230. The normalized spacial score (nSPS) is 11.3. The van der Waals surface area contributed by atoms with Crippen molar-refractivity contribution >= 4 is 68.2 Å². The van der Waals surface area contributed by atoms with E-state index in [4.69, 9.17) is 34.8 Å². The highest BCUT2D eigenvalue weighted by Crippen LogP contribution is 2.28. The first kappa shape index (κ1) is 25.7. The second-order valence-corrected chi connectivity index (χ2v) is 11.1. The summed E-state index contributed by atoms with van der Waals surface area (Å²) in [6.07, 6.45) is 0. The maximum absolute atomic E-state index is 12.6. The van der Waals surface area contributed by atoms with Crippen LogP contribution in [0.25, 0.3) is 0 Å². The van der Waals surface area contributed by atoms with Crippen molar-refractivity contribution in [2.24, 2.45) is 0 Å². The number of rotatable bonds is 9. The first-order valence-electron chi connectivity index (χ1n) is 9.85. The van der Waals surface area contributed by atoms with E-state index >= 15 is 0 Å². The molecule has 0 saturated heterocycles. The number of halogens is 3. The Morgan fingerprint density at radius 2 is 1.61 bits per heavy atom. The van der Waals surface area contributed by atoms with Gasteiger partial charge in [-0.3, -0.25) is 9.52 Å². The number of sulfonamides is 1. The first-order valence-corrected chi connectivity index (χ1v) is 13.6. The van der Waals surface area contributed by atoms with Crippen molar-refractivity contribution in [2.45, 2.75) is 17.6 Å². The third kappa shape index (κ3) is 7.04. The molecule has 0 radical (unpaired) electrons. The zero-order valence-corrected chi connectivity index (χ0v) is 21.5. The summed E-state index contributed by atoms with van der Waals surface area (Å²) < 4.78 is 27.6. The summed E-state index contributed by atoms with van der Waals surface area (Å²) in [6, 6.07) is 16.3. The van der Waals surface area contributed by atoms with Gasteiger partial charge in [-0.15, -0.1) is 0 Å². The Morgan fingerprint density at radius 1 is 0.939 bits per heavy atom. The molecule has 1 amide bonds. The van der Waals surface area contributed by atoms with Crippen LogP contribution < -0.4 is 10.0 Å². The van der Waals surface area contributed by atoms with E-state index in [0.717, 1.165) is 11.1 Å². The van der Waals surface area contributed by atoms with Gasteiger partial charge in [-0.1, -0.05) is 58.6 Å². The standard InChI is InChI=1S/C23H21Cl3N2O3S2/c1-15-5-8-17(9-6-15)33(30,31)28-22-10-7-16(13-21(22)26)23(29)27-11-12-32-14-18-19(24)3-2-4-20(18)25/h2-10,13,28H,11-12,14H2,1H3,(H,27,29). The molecule has 3 aromatic rings. The zero-order valence-electron chi connectivity index (χ0n) is 17.6. The van der Waals surface area contributed by atoms with Crippen molar-refractivity contribution in [3.05, 3.63) is 92.4 Å². The number of hydrogen-bond donors (Lipinski definition) is 2. The highest BCUT2D eigenvalue weighted by Gasteiger charge is 2.17. The van der Waals surface area contributed by atoms with Crippen molar-refractivity contribution in [1.29, 1.82) is 0 Å². The molecule has 10 heteroatoms. The molecule has 0 unspecified atom stereocenters. The smallest absolute Gasteiger partial charge is 0.261 e. The quantitative estimate of drug-likeness (QED) is 0.305. The van der Waals surface area contributed by atoms with Crippen molar-refractivity contribution in [2.75, 3.05) is 17.0 Å². The van der Waals surface area contributed by atoms with Gasteiger partial charge < -0.3 is 5.32 Å². The molecular formula is C23H21Cl3N2O3S2. The maximum Gasteiger partial charge on any atom is 0.261 e. The summed E-state index contributed by atoms with van der Waals surface area (Å²) >= 11 is 20.2. The van der Waals surface area contributed by atoms with E-state index in [1.54, 1.807) is 42.1 Å². The second kappa shape index (κ2) is 11.5. The molecule has 33 heavy (non-hydrogen) atoms. The minimum absolute atomic E-state index is 0.126. The molecule has 2 N–H and O–H groups in total. The van der Waals surface area contributed by atoms with Crippen LogP contribution in [-0.4, -0.2) is 26.6 Å². The molecule has 0 bridgehead atoms. The third-order valence-electron chi connectivity index (χ3n) is 4.65. The van der Waals surface area contributed by atoms with Gasteiger partial charge in [0.05, 0.1) is 15.6 Å². The van der Waals surface area contributed by atoms with Crippen LogP contribution in [0.3, 0.4) is 0 Å². The van der Waals surface area contributed by atoms with Crippen LogP contribution in [0.1, 0.15) is 21.5 Å². The van der Waals surface area contributed by atoms with E-state index in [1.807, 2.05) is 6.92 Å². The van der Waals surface area contributed by atoms with Gasteiger partial charge >= 0.3 is 0 Å². The molecule has 0 aliphatic carbocycles. The van der Waals surface area contributed by atoms with Crippen LogP contribution in [0.5, 0.6) is 0 Å². The molecule has 0 saturated carbocycles. The minimum atomic E-state index is -3.79. The number of benzene rings is 3. The average molecular weight is 544 g/mol. The lowest BCUT2D eigenvalue weighted by atomic mass is 10.2. The van der Waals surface area contributed by atoms with Gasteiger partial charge in [-0.25, -0.2) is 8.42 Å². The van der Waals surface area contributed by atoms with Crippen LogP contribution in [0.4, 0.5) is 5.69 Å². The number of nitrogens with one attached hydrogen (secondary N) is 2. The Kier molecular flexibility index (Phi) is 8.95. The Morgan fingerprint density at radius 3 is 2.24 bits per heavy atom. The SMILES string of the molecule is Cc1ccc(S(=O)(=O)Nc2ccc(C(=O)NCCSCc3c(Cl)cccc3Cl)cc2Cl)cc1. The number of carbonyl (C=O) groups is 1. The maximum atomic E-state index is 12.6. The predicted molar refractivity (Wildman–Crippen MR) is 138 cm³/mol.